The molecule has 0 radical (unpaired) electrons. The molecule has 0 aliphatic carbocycles. The average Bonchev–Trinajstić information content (AvgIpc) is 3.06. The second-order valence-electron chi connectivity index (χ2n) is 5.96. The lowest BCUT2D eigenvalue weighted by atomic mass is 10.0. The molecule has 0 unspecified atom stereocenters. The summed E-state index contributed by atoms with van der Waals surface area (Å²) in [5.74, 6) is 0.918. The molecule has 5 nitrogen and oxygen atoms in total. The zero-order valence-corrected chi connectivity index (χ0v) is 14.6. The topological polar surface area (TPSA) is 66.0 Å². The summed E-state index contributed by atoms with van der Waals surface area (Å²) in [5.41, 5.74) is 10.4. The monoisotopic (exact) mass is 360 g/mol. The summed E-state index contributed by atoms with van der Waals surface area (Å²) in [7, 11) is 1.62. The molecule has 0 atom stereocenters. The first kappa shape index (κ1) is 16.8. The number of ether oxygens (including phenoxy) is 1. The first-order chi connectivity index (χ1) is 13.2. The third-order valence-corrected chi connectivity index (χ3v) is 4.32. The normalized spacial score (nSPS) is 10.7. The van der Waals surface area contributed by atoms with Crippen molar-refractivity contribution in [2.75, 3.05) is 12.8 Å². The van der Waals surface area contributed by atoms with Crippen LogP contribution in [0.5, 0.6) is 5.75 Å². The molecule has 0 saturated heterocycles. The minimum Gasteiger partial charge on any atom is -0.497 e. The Morgan fingerprint density at radius 2 is 1.56 bits per heavy atom. The van der Waals surface area contributed by atoms with Gasteiger partial charge in [-0.1, -0.05) is 12.1 Å². The smallest absolute Gasteiger partial charge is 0.135 e. The summed E-state index contributed by atoms with van der Waals surface area (Å²) in [6, 6.07) is 17.4. The van der Waals surface area contributed by atoms with Gasteiger partial charge in [0.1, 0.15) is 23.1 Å². The lowest BCUT2D eigenvalue weighted by molar-refractivity contribution is 0.414. The van der Waals surface area contributed by atoms with E-state index in [1.165, 1.54) is 12.1 Å². The van der Waals surface area contributed by atoms with E-state index in [0.717, 1.165) is 28.1 Å². The molecule has 2 N–H and O–H groups in total. The summed E-state index contributed by atoms with van der Waals surface area (Å²) in [5, 5.41) is 4.73. The largest absolute Gasteiger partial charge is 0.497 e. The molecule has 2 heterocycles. The highest BCUT2D eigenvalue weighted by Crippen LogP contribution is 2.37. The van der Waals surface area contributed by atoms with Gasteiger partial charge in [-0.2, -0.15) is 5.10 Å². The van der Waals surface area contributed by atoms with E-state index in [1.807, 2.05) is 36.4 Å². The van der Waals surface area contributed by atoms with Crippen LogP contribution in [-0.2, 0) is 0 Å². The van der Waals surface area contributed by atoms with Crippen LogP contribution in [0.25, 0.3) is 28.1 Å². The van der Waals surface area contributed by atoms with Crippen molar-refractivity contribution in [2.24, 2.45) is 0 Å². The van der Waals surface area contributed by atoms with E-state index in [-0.39, 0.29) is 5.82 Å². The van der Waals surface area contributed by atoms with Crippen LogP contribution in [0.1, 0.15) is 0 Å². The molecular weight excluding hydrogens is 343 g/mol. The maximum Gasteiger partial charge on any atom is 0.135 e. The molecular formula is C21H17FN4O. The second-order valence-corrected chi connectivity index (χ2v) is 5.96. The Balaban J connectivity index is 1.92. The van der Waals surface area contributed by atoms with E-state index in [0.29, 0.717) is 11.5 Å². The van der Waals surface area contributed by atoms with Crippen molar-refractivity contribution >= 4 is 5.82 Å². The van der Waals surface area contributed by atoms with Crippen molar-refractivity contribution in [3.05, 3.63) is 78.9 Å². The zero-order valence-electron chi connectivity index (χ0n) is 14.6. The number of halogens is 1. The van der Waals surface area contributed by atoms with E-state index in [4.69, 9.17) is 15.6 Å². The molecule has 6 heteroatoms. The molecule has 0 saturated carbocycles. The molecule has 0 amide bonds. The van der Waals surface area contributed by atoms with Crippen LogP contribution in [0.2, 0.25) is 0 Å². The maximum atomic E-state index is 13.4. The van der Waals surface area contributed by atoms with Crippen molar-refractivity contribution in [1.82, 2.24) is 14.8 Å². The fourth-order valence-corrected chi connectivity index (χ4v) is 2.96. The van der Waals surface area contributed by atoms with Gasteiger partial charge in [0.15, 0.2) is 0 Å². The van der Waals surface area contributed by atoms with Gasteiger partial charge < -0.3 is 10.5 Å². The van der Waals surface area contributed by atoms with Crippen LogP contribution in [-0.4, -0.2) is 21.9 Å². The number of nitrogen functional groups attached to an aromatic ring is 1. The molecule has 0 fully saturated rings. The van der Waals surface area contributed by atoms with Crippen LogP contribution < -0.4 is 10.5 Å². The molecule has 2 aromatic heterocycles. The fourth-order valence-electron chi connectivity index (χ4n) is 2.96. The van der Waals surface area contributed by atoms with E-state index < -0.39 is 0 Å². The minimum absolute atomic E-state index is 0.301. The summed E-state index contributed by atoms with van der Waals surface area (Å²) in [6.45, 7) is 0. The first-order valence-corrected chi connectivity index (χ1v) is 8.36. The third-order valence-electron chi connectivity index (χ3n) is 4.32. The van der Waals surface area contributed by atoms with E-state index in [2.05, 4.69) is 4.98 Å². The number of pyridine rings is 1. The van der Waals surface area contributed by atoms with E-state index >= 15 is 0 Å². The van der Waals surface area contributed by atoms with Gasteiger partial charge in [0.2, 0.25) is 0 Å². The van der Waals surface area contributed by atoms with E-state index in [1.54, 1.807) is 36.3 Å². The molecule has 4 rings (SSSR count). The number of hydrogen-bond donors (Lipinski definition) is 1. The van der Waals surface area contributed by atoms with Gasteiger partial charge in [-0.05, 0) is 54.1 Å². The molecule has 0 aliphatic rings. The predicted octanol–water partition coefficient (Wildman–Crippen LogP) is 4.33. The van der Waals surface area contributed by atoms with Gasteiger partial charge >= 0.3 is 0 Å². The summed E-state index contributed by atoms with van der Waals surface area (Å²) < 4.78 is 20.3. The molecule has 4 aromatic rings. The quantitative estimate of drug-likeness (QED) is 0.588. The molecule has 0 spiro atoms. The summed E-state index contributed by atoms with van der Waals surface area (Å²) in [4.78, 5) is 4.06. The van der Waals surface area contributed by atoms with Crippen LogP contribution in [0.15, 0.2) is 73.1 Å². The molecule has 0 aliphatic heterocycles. The van der Waals surface area contributed by atoms with E-state index in [9.17, 15) is 4.39 Å². The third kappa shape index (κ3) is 3.13. The molecule has 27 heavy (non-hydrogen) atoms. The number of nitrogens with two attached hydrogens (primary N) is 1. The van der Waals surface area contributed by atoms with Crippen molar-refractivity contribution in [2.45, 2.75) is 0 Å². The van der Waals surface area contributed by atoms with Gasteiger partial charge in [-0.3, -0.25) is 4.98 Å². The van der Waals surface area contributed by atoms with Gasteiger partial charge in [0.25, 0.3) is 0 Å². The zero-order chi connectivity index (χ0) is 18.8. The van der Waals surface area contributed by atoms with Gasteiger partial charge in [-0.25, -0.2) is 9.07 Å². The Morgan fingerprint density at radius 3 is 2.19 bits per heavy atom. The Morgan fingerprint density at radius 1 is 0.889 bits per heavy atom. The van der Waals surface area contributed by atoms with Crippen molar-refractivity contribution in [1.29, 1.82) is 0 Å². The number of hydrogen-bond acceptors (Lipinski definition) is 4. The van der Waals surface area contributed by atoms with Crippen LogP contribution in [0, 0.1) is 5.82 Å². The molecule has 134 valence electrons. The highest BCUT2D eigenvalue weighted by molar-refractivity contribution is 5.88. The van der Waals surface area contributed by atoms with Crippen LogP contribution in [0.4, 0.5) is 10.2 Å². The van der Waals surface area contributed by atoms with Crippen LogP contribution in [0.3, 0.4) is 0 Å². The number of aromatic nitrogens is 3. The Kier molecular flexibility index (Phi) is 4.30. The standard InChI is InChI=1S/C21H17FN4O/c1-27-18-8-6-17(7-9-18)26-21(23)19(14-2-4-16(22)5-3-14)20(25-26)15-10-12-24-13-11-15/h2-13H,23H2,1H3. The first-order valence-electron chi connectivity index (χ1n) is 8.36. The number of benzene rings is 2. The molecule has 2 aromatic carbocycles. The van der Waals surface area contributed by atoms with Gasteiger partial charge in [0.05, 0.1) is 18.4 Å². The van der Waals surface area contributed by atoms with Crippen molar-refractivity contribution < 1.29 is 9.13 Å². The average molecular weight is 360 g/mol. The number of methoxy groups -OCH3 is 1. The Bertz CT molecular complexity index is 1060. The highest BCUT2D eigenvalue weighted by Gasteiger charge is 2.20. The lowest BCUT2D eigenvalue weighted by Crippen LogP contribution is -2.02. The maximum absolute atomic E-state index is 13.4. The highest BCUT2D eigenvalue weighted by atomic mass is 19.1. The number of nitrogens with zero attached hydrogens (tertiary/aromatic N) is 3. The minimum atomic E-state index is -0.301. The van der Waals surface area contributed by atoms with Crippen molar-refractivity contribution in [3.63, 3.8) is 0 Å². The number of rotatable bonds is 4. The lowest BCUT2D eigenvalue weighted by Gasteiger charge is -2.06. The number of anilines is 1. The predicted molar refractivity (Wildman–Crippen MR) is 103 cm³/mol. The second kappa shape index (κ2) is 6.92. The molecule has 0 bridgehead atoms. The van der Waals surface area contributed by atoms with Gasteiger partial charge in [-0.15, -0.1) is 0 Å². The fraction of sp³-hybridized carbons (Fsp3) is 0.0476. The Labute approximate surface area is 155 Å². The summed E-state index contributed by atoms with van der Waals surface area (Å²) in [6.07, 6.45) is 3.40. The SMILES string of the molecule is COc1ccc(-n2nc(-c3ccncc3)c(-c3ccc(F)cc3)c2N)cc1. The van der Waals surface area contributed by atoms with Gasteiger partial charge in [0, 0.05) is 18.0 Å². The van der Waals surface area contributed by atoms with Crippen molar-refractivity contribution in [3.8, 4) is 33.8 Å². The van der Waals surface area contributed by atoms with Crippen LogP contribution >= 0.6 is 0 Å². The summed E-state index contributed by atoms with van der Waals surface area (Å²) >= 11 is 0. The Hall–Kier alpha value is -3.67.